The van der Waals surface area contributed by atoms with E-state index in [9.17, 15) is 43.2 Å². The third kappa shape index (κ3) is 64.1. The SMILES string of the molecule is CCCCCC/C=C\C=C/CCCCCCCC(=O)OC[C@H](COP(=O)(O)OC[C@@H](O)COP(=O)(O)OC[C@@H](COC(=O)CCCCCCCCCC)OC(=O)CCCCCCCCC(C)C)OC(=O)CCCCCCCCCCCCCCCCCCC. The van der Waals surface area contributed by atoms with Gasteiger partial charge in [-0.3, -0.25) is 37.3 Å². The van der Waals surface area contributed by atoms with Crippen LogP contribution in [0.1, 0.15) is 336 Å². The Hall–Kier alpha value is -2.46. The number of aliphatic hydroxyl groups is 1. The van der Waals surface area contributed by atoms with Gasteiger partial charge >= 0.3 is 39.5 Å². The Labute approximate surface area is 542 Å². The highest BCUT2D eigenvalue weighted by atomic mass is 31.2. The third-order valence-corrected chi connectivity index (χ3v) is 17.6. The molecule has 0 aliphatic heterocycles. The zero-order valence-electron chi connectivity index (χ0n) is 57.0. The molecular weight excluding hydrogens is 1170 g/mol. The highest BCUT2D eigenvalue weighted by molar-refractivity contribution is 7.47. The van der Waals surface area contributed by atoms with Crippen molar-refractivity contribution in [2.75, 3.05) is 39.6 Å². The molecule has 0 spiro atoms. The molecule has 5 atom stereocenters. The van der Waals surface area contributed by atoms with Crippen LogP contribution in [0.4, 0.5) is 0 Å². The van der Waals surface area contributed by atoms with Crippen LogP contribution in [0.25, 0.3) is 0 Å². The van der Waals surface area contributed by atoms with Crippen LogP contribution in [0.15, 0.2) is 24.3 Å². The van der Waals surface area contributed by atoms with Gasteiger partial charge in [0.05, 0.1) is 26.4 Å². The van der Waals surface area contributed by atoms with Crippen LogP contribution in [0.5, 0.6) is 0 Å². The minimum Gasteiger partial charge on any atom is -0.462 e. The molecule has 17 nitrogen and oxygen atoms in total. The molecule has 19 heteroatoms. The molecule has 524 valence electrons. The van der Waals surface area contributed by atoms with E-state index >= 15 is 0 Å². The van der Waals surface area contributed by atoms with Gasteiger partial charge in [-0.1, -0.05) is 284 Å². The number of unbranched alkanes of at least 4 members (excludes halogenated alkanes) is 37. The minimum atomic E-state index is -4.96. The predicted octanol–water partition coefficient (Wildman–Crippen LogP) is 19.7. The highest BCUT2D eigenvalue weighted by Gasteiger charge is 2.30. The number of allylic oxidation sites excluding steroid dienone is 4. The van der Waals surface area contributed by atoms with E-state index in [0.29, 0.717) is 31.6 Å². The molecule has 0 aliphatic rings. The van der Waals surface area contributed by atoms with Crippen LogP contribution >= 0.6 is 15.6 Å². The van der Waals surface area contributed by atoms with Crippen molar-refractivity contribution in [1.82, 2.24) is 0 Å². The highest BCUT2D eigenvalue weighted by Crippen LogP contribution is 2.45. The second kappa shape index (κ2) is 63.0. The first-order valence-electron chi connectivity index (χ1n) is 36.0. The molecule has 3 N–H and O–H groups in total. The molecule has 0 radical (unpaired) electrons. The van der Waals surface area contributed by atoms with E-state index in [1.54, 1.807) is 0 Å². The number of ether oxygens (including phenoxy) is 4. The third-order valence-electron chi connectivity index (χ3n) is 15.7. The van der Waals surface area contributed by atoms with E-state index in [4.69, 9.17) is 37.0 Å². The molecule has 0 rings (SSSR count). The maximum Gasteiger partial charge on any atom is 0.472 e. The number of carbonyl (C=O) groups is 4. The van der Waals surface area contributed by atoms with Crippen molar-refractivity contribution in [2.24, 2.45) is 5.92 Å². The first-order valence-corrected chi connectivity index (χ1v) is 38.9. The van der Waals surface area contributed by atoms with E-state index in [-0.39, 0.29) is 25.7 Å². The van der Waals surface area contributed by atoms with Crippen molar-refractivity contribution in [2.45, 2.75) is 355 Å². The molecule has 0 saturated carbocycles. The topological polar surface area (TPSA) is 237 Å². The Morgan fingerprint density at radius 1 is 0.348 bits per heavy atom. The molecule has 0 aromatic carbocycles. The van der Waals surface area contributed by atoms with Crippen LogP contribution in [-0.2, 0) is 65.4 Å². The fraction of sp³-hybridized carbons (Fsp3) is 0.886. The number of rotatable bonds is 68. The first kappa shape index (κ1) is 86.5. The van der Waals surface area contributed by atoms with E-state index in [1.807, 2.05) is 0 Å². The van der Waals surface area contributed by atoms with Gasteiger partial charge in [-0.2, -0.15) is 0 Å². The zero-order chi connectivity index (χ0) is 65.6. The molecule has 0 heterocycles. The second-order valence-corrected chi connectivity index (χ2v) is 28.0. The molecule has 0 amide bonds. The molecular formula is C70H132O17P2. The van der Waals surface area contributed by atoms with Crippen molar-refractivity contribution < 1.29 is 80.2 Å². The maximum atomic E-state index is 13.0. The summed E-state index contributed by atoms with van der Waals surface area (Å²) in [5.41, 5.74) is 0. The summed E-state index contributed by atoms with van der Waals surface area (Å²) < 4.78 is 68.1. The molecule has 0 aromatic rings. The molecule has 0 saturated heterocycles. The van der Waals surface area contributed by atoms with E-state index in [1.165, 1.54) is 135 Å². The van der Waals surface area contributed by atoms with Gasteiger partial charge in [-0.15, -0.1) is 0 Å². The van der Waals surface area contributed by atoms with Crippen molar-refractivity contribution in [3.05, 3.63) is 24.3 Å². The average Bonchev–Trinajstić information content (AvgIpc) is 3.58. The lowest BCUT2D eigenvalue weighted by molar-refractivity contribution is -0.161. The van der Waals surface area contributed by atoms with Gasteiger partial charge in [-0.05, 0) is 57.3 Å². The number of esters is 4. The fourth-order valence-corrected chi connectivity index (χ4v) is 11.7. The summed E-state index contributed by atoms with van der Waals surface area (Å²) in [7, 11) is -9.90. The van der Waals surface area contributed by atoms with Crippen LogP contribution in [-0.4, -0.2) is 96.7 Å². The molecule has 0 bridgehead atoms. The van der Waals surface area contributed by atoms with Crippen LogP contribution in [0.3, 0.4) is 0 Å². The molecule has 0 aliphatic carbocycles. The fourth-order valence-electron chi connectivity index (χ4n) is 10.1. The summed E-state index contributed by atoms with van der Waals surface area (Å²) in [5.74, 6) is -1.49. The number of phosphoric ester groups is 2. The quantitative estimate of drug-likeness (QED) is 0.0169. The summed E-state index contributed by atoms with van der Waals surface area (Å²) in [6.45, 7) is 7.06. The zero-order valence-corrected chi connectivity index (χ0v) is 58.8. The Morgan fingerprint density at radius 3 is 0.921 bits per heavy atom. The lowest BCUT2D eigenvalue weighted by Crippen LogP contribution is -2.30. The number of hydrogen-bond acceptors (Lipinski definition) is 15. The van der Waals surface area contributed by atoms with Gasteiger partial charge in [0, 0.05) is 25.7 Å². The van der Waals surface area contributed by atoms with Gasteiger partial charge in [0.1, 0.15) is 19.3 Å². The first-order chi connectivity index (χ1) is 43.0. The summed E-state index contributed by atoms with van der Waals surface area (Å²) >= 11 is 0. The maximum absolute atomic E-state index is 13.0. The molecule has 2 unspecified atom stereocenters. The van der Waals surface area contributed by atoms with E-state index in [0.717, 1.165) is 116 Å². The molecule has 0 fully saturated rings. The Balaban J connectivity index is 5.24. The summed E-state index contributed by atoms with van der Waals surface area (Å²) in [6.07, 6.45) is 52.4. The van der Waals surface area contributed by atoms with Gasteiger partial charge in [-0.25, -0.2) is 9.13 Å². The number of aliphatic hydroxyl groups excluding tert-OH is 1. The second-order valence-electron chi connectivity index (χ2n) is 25.1. The van der Waals surface area contributed by atoms with Gasteiger partial charge in [0.15, 0.2) is 12.2 Å². The lowest BCUT2D eigenvalue weighted by atomic mass is 10.0. The van der Waals surface area contributed by atoms with Gasteiger partial charge < -0.3 is 33.8 Å². The standard InChI is InChI=1S/C70H132O17P2/c1-6-9-12-15-18-21-23-25-27-28-30-32-34-36-39-45-50-55-69(74)86-65(59-81-68(73)54-49-44-38-35-33-31-29-26-24-22-19-16-13-10-7-2)61-84-88(76,77)82-57-64(71)58-83-89(78,79)85-62-66(60-80-67(72)53-48-43-37-20-17-14-11-8-3)87-70(75)56-51-46-41-40-42-47-52-63(4)5/h22,24,26,29,63-66,71H,6-21,23,25,27-28,30-62H2,1-5H3,(H,76,77)(H,78,79)/b24-22-,29-26-/t64-,65-,66-/m1/s1. The van der Waals surface area contributed by atoms with Crippen LogP contribution in [0.2, 0.25) is 0 Å². The average molecular weight is 1310 g/mol. The van der Waals surface area contributed by atoms with Crippen molar-refractivity contribution in [1.29, 1.82) is 0 Å². The summed E-state index contributed by atoms with van der Waals surface area (Å²) in [5, 5.41) is 10.6. The largest absolute Gasteiger partial charge is 0.472 e. The van der Waals surface area contributed by atoms with E-state index < -0.39 is 97.5 Å². The number of hydrogen-bond donors (Lipinski definition) is 3. The lowest BCUT2D eigenvalue weighted by Gasteiger charge is -2.21. The van der Waals surface area contributed by atoms with Gasteiger partial charge in [0.2, 0.25) is 0 Å². The molecule has 89 heavy (non-hydrogen) atoms. The number of carbonyl (C=O) groups excluding carboxylic acids is 4. The summed E-state index contributed by atoms with van der Waals surface area (Å²) in [6, 6.07) is 0. The normalized spacial score (nSPS) is 14.3. The smallest absolute Gasteiger partial charge is 0.462 e. The van der Waals surface area contributed by atoms with Crippen LogP contribution in [0, 0.1) is 5.92 Å². The minimum absolute atomic E-state index is 0.0998. The molecule has 0 aromatic heterocycles. The Bertz CT molecular complexity index is 1810. The van der Waals surface area contributed by atoms with Crippen LogP contribution < -0.4 is 0 Å². The Kier molecular flexibility index (Phi) is 61.2. The van der Waals surface area contributed by atoms with Crippen molar-refractivity contribution >= 4 is 39.5 Å². The predicted molar refractivity (Wildman–Crippen MR) is 358 cm³/mol. The van der Waals surface area contributed by atoms with E-state index in [2.05, 4.69) is 58.9 Å². The van der Waals surface area contributed by atoms with Gasteiger partial charge in [0.25, 0.3) is 0 Å². The monoisotopic (exact) mass is 1310 g/mol. The Morgan fingerprint density at radius 2 is 0.607 bits per heavy atom. The summed E-state index contributed by atoms with van der Waals surface area (Å²) in [4.78, 5) is 72.4. The van der Waals surface area contributed by atoms with Crippen molar-refractivity contribution in [3.8, 4) is 0 Å². The number of phosphoric acid groups is 2. The van der Waals surface area contributed by atoms with Crippen molar-refractivity contribution in [3.63, 3.8) is 0 Å².